The van der Waals surface area contributed by atoms with E-state index in [2.05, 4.69) is 137 Å². The molecule has 0 aliphatic carbocycles. The average Bonchev–Trinajstić information content (AvgIpc) is 3.61. The highest BCUT2D eigenvalue weighted by molar-refractivity contribution is 6.58. The standard InChI is InChI=1S/C42H27BN2O2/c46-43(47)28-20-16-26(17-21-28)27-18-22-29(23-19-27)44-38-14-5-4-11-33(38)36-24-25-37-35-13-7-12-34-31-9-2-1-8-30(31)32-10-3-6-15-39(32)45(40(34)35)42(37)41(36)44/h1-25,46-47H. The van der Waals surface area contributed by atoms with Gasteiger partial charge >= 0.3 is 7.12 Å². The van der Waals surface area contributed by atoms with Gasteiger partial charge in [-0.3, -0.25) is 0 Å². The highest BCUT2D eigenvalue weighted by Crippen LogP contribution is 2.49. The summed E-state index contributed by atoms with van der Waals surface area (Å²) in [6.45, 7) is 0. The molecule has 0 atom stereocenters. The van der Waals surface area contributed by atoms with Gasteiger partial charge in [0.1, 0.15) is 0 Å². The van der Waals surface area contributed by atoms with Gasteiger partial charge in [-0.25, -0.2) is 0 Å². The Morgan fingerprint density at radius 3 is 1.66 bits per heavy atom. The van der Waals surface area contributed by atoms with E-state index < -0.39 is 7.12 Å². The molecule has 4 nitrogen and oxygen atoms in total. The lowest BCUT2D eigenvalue weighted by atomic mass is 9.80. The van der Waals surface area contributed by atoms with Crippen molar-refractivity contribution >= 4 is 56.2 Å². The molecule has 7 aromatic carbocycles. The van der Waals surface area contributed by atoms with Crippen molar-refractivity contribution in [1.82, 2.24) is 9.13 Å². The monoisotopic (exact) mass is 602 g/mol. The van der Waals surface area contributed by atoms with Gasteiger partial charge in [-0.2, -0.15) is 0 Å². The van der Waals surface area contributed by atoms with E-state index in [4.69, 9.17) is 0 Å². The second-order valence-corrected chi connectivity index (χ2v) is 12.4. The van der Waals surface area contributed by atoms with Crippen LogP contribution in [0.4, 0.5) is 0 Å². The van der Waals surface area contributed by atoms with Gasteiger partial charge in [0.15, 0.2) is 0 Å². The highest BCUT2D eigenvalue weighted by Gasteiger charge is 2.27. The number of aromatic nitrogens is 2. The van der Waals surface area contributed by atoms with E-state index in [9.17, 15) is 10.0 Å². The van der Waals surface area contributed by atoms with Crippen molar-refractivity contribution < 1.29 is 10.0 Å². The number of para-hydroxylation sites is 3. The second kappa shape index (κ2) is 9.81. The number of nitrogens with zero attached hydrogens (tertiary/aromatic N) is 2. The Hall–Kier alpha value is -5.88. The van der Waals surface area contributed by atoms with E-state index in [1.165, 1.54) is 66.0 Å². The summed E-state index contributed by atoms with van der Waals surface area (Å²) < 4.78 is 4.93. The zero-order chi connectivity index (χ0) is 31.2. The predicted molar refractivity (Wildman–Crippen MR) is 195 cm³/mol. The molecule has 0 fully saturated rings. The minimum atomic E-state index is -1.48. The molecule has 0 saturated heterocycles. The van der Waals surface area contributed by atoms with Gasteiger partial charge in [-0.15, -0.1) is 0 Å². The smallest absolute Gasteiger partial charge is 0.423 e. The Morgan fingerprint density at radius 1 is 0.383 bits per heavy atom. The van der Waals surface area contributed by atoms with Crippen LogP contribution in [0.3, 0.4) is 0 Å². The first-order valence-electron chi connectivity index (χ1n) is 15.9. The topological polar surface area (TPSA) is 50.3 Å². The maximum Gasteiger partial charge on any atom is 0.488 e. The summed E-state index contributed by atoms with van der Waals surface area (Å²) in [4.78, 5) is 0. The molecule has 0 unspecified atom stereocenters. The average molecular weight is 603 g/mol. The summed E-state index contributed by atoms with van der Waals surface area (Å²) in [5.41, 5.74) is 14.6. The van der Waals surface area contributed by atoms with Crippen LogP contribution >= 0.6 is 0 Å². The quantitative estimate of drug-likeness (QED) is 0.199. The van der Waals surface area contributed by atoms with Crippen LogP contribution < -0.4 is 5.46 Å². The number of fused-ring (bicyclic) bond motifs is 12. The Bertz CT molecular complexity index is 2700. The highest BCUT2D eigenvalue weighted by atomic mass is 16.4. The van der Waals surface area contributed by atoms with E-state index in [1.54, 1.807) is 12.1 Å². The molecule has 2 aromatic heterocycles. The molecule has 0 amide bonds. The van der Waals surface area contributed by atoms with E-state index in [1.807, 2.05) is 12.1 Å². The van der Waals surface area contributed by atoms with E-state index >= 15 is 0 Å². The summed E-state index contributed by atoms with van der Waals surface area (Å²) in [5, 5.41) is 24.0. The fourth-order valence-corrected chi connectivity index (χ4v) is 7.82. The third-order valence-corrected chi connectivity index (χ3v) is 9.90. The number of hydrogen-bond acceptors (Lipinski definition) is 2. The molecule has 1 aliphatic heterocycles. The van der Waals surface area contributed by atoms with Crippen LogP contribution in [0.5, 0.6) is 0 Å². The summed E-state index contributed by atoms with van der Waals surface area (Å²) in [6.07, 6.45) is 0. The first-order chi connectivity index (χ1) is 23.2. The summed E-state index contributed by atoms with van der Waals surface area (Å²) >= 11 is 0. The maximum atomic E-state index is 9.54. The zero-order valence-corrected chi connectivity index (χ0v) is 25.3. The van der Waals surface area contributed by atoms with Crippen LogP contribution in [-0.4, -0.2) is 26.3 Å². The Balaban J connectivity index is 1.32. The predicted octanol–water partition coefficient (Wildman–Crippen LogP) is 8.88. The molecule has 0 radical (unpaired) electrons. The summed E-state index contributed by atoms with van der Waals surface area (Å²) in [7, 11) is -1.48. The van der Waals surface area contributed by atoms with Gasteiger partial charge in [0.25, 0.3) is 0 Å². The Kier molecular flexibility index (Phi) is 5.50. The Labute approximate surface area is 271 Å². The van der Waals surface area contributed by atoms with Crippen molar-refractivity contribution in [3.63, 3.8) is 0 Å². The van der Waals surface area contributed by atoms with Gasteiger partial charge < -0.3 is 19.2 Å². The first-order valence-corrected chi connectivity index (χ1v) is 15.9. The SMILES string of the molecule is OB(O)c1ccc(-c2ccc(-n3c4ccccc4c4ccc5c6cccc7c6n(c5c43)-c3ccccc3-c3ccccc3-7)cc2)cc1. The number of hydrogen-bond donors (Lipinski definition) is 2. The van der Waals surface area contributed by atoms with E-state index in [0.29, 0.717) is 5.46 Å². The third kappa shape index (κ3) is 3.67. The molecular weight excluding hydrogens is 575 g/mol. The molecule has 5 heteroatoms. The van der Waals surface area contributed by atoms with Crippen molar-refractivity contribution in [2.75, 3.05) is 0 Å². The molecule has 9 aromatic rings. The van der Waals surface area contributed by atoms with Crippen LogP contribution in [-0.2, 0) is 0 Å². The fraction of sp³-hybridized carbons (Fsp3) is 0. The number of benzene rings is 7. The third-order valence-electron chi connectivity index (χ3n) is 9.90. The molecular formula is C42H27BN2O2. The van der Waals surface area contributed by atoms with Crippen molar-refractivity contribution in [1.29, 1.82) is 0 Å². The van der Waals surface area contributed by atoms with Crippen LogP contribution in [0.2, 0.25) is 0 Å². The zero-order valence-electron chi connectivity index (χ0n) is 25.3. The van der Waals surface area contributed by atoms with Crippen LogP contribution in [0.25, 0.3) is 88.4 Å². The second-order valence-electron chi connectivity index (χ2n) is 12.4. The molecule has 0 bridgehead atoms. The largest absolute Gasteiger partial charge is 0.488 e. The van der Waals surface area contributed by atoms with Gasteiger partial charge in [0.05, 0.1) is 27.8 Å². The van der Waals surface area contributed by atoms with Crippen molar-refractivity contribution in [3.8, 4) is 44.8 Å². The molecule has 0 saturated carbocycles. The van der Waals surface area contributed by atoms with Crippen LogP contribution in [0, 0.1) is 0 Å². The molecule has 3 heterocycles. The summed E-state index contributed by atoms with van der Waals surface area (Å²) in [6, 6.07) is 53.6. The minimum absolute atomic E-state index is 0.479. The molecule has 0 spiro atoms. The molecule has 47 heavy (non-hydrogen) atoms. The van der Waals surface area contributed by atoms with Crippen LogP contribution in [0.1, 0.15) is 0 Å². The summed E-state index contributed by atoms with van der Waals surface area (Å²) in [5.74, 6) is 0. The number of rotatable bonds is 3. The lowest BCUT2D eigenvalue weighted by molar-refractivity contribution is 0.426. The van der Waals surface area contributed by atoms with E-state index in [0.717, 1.165) is 22.3 Å². The lowest BCUT2D eigenvalue weighted by Gasteiger charge is -2.15. The Morgan fingerprint density at radius 2 is 0.915 bits per heavy atom. The molecule has 220 valence electrons. The normalized spacial score (nSPS) is 12.0. The van der Waals surface area contributed by atoms with Crippen LogP contribution in [0.15, 0.2) is 152 Å². The van der Waals surface area contributed by atoms with Gasteiger partial charge in [0, 0.05) is 38.4 Å². The van der Waals surface area contributed by atoms with Gasteiger partial charge in [0.2, 0.25) is 0 Å². The van der Waals surface area contributed by atoms with E-state index in [-0.39, 0.29) is 0 Å². The maximum absolute atomic E-state index is 9.54. The van der Waals surface area contributed by atoms with Gasteiger partial charge in [-0.1, -0.05) is 127 Å². The lowest BCUT2D eigenvalue weighted by Crippen LogP contribution is -2.29. The van der Waals surface area contributed by atoms with Crippen molar-refractivity contribution in [2.24, 2.45) is 0 Å². The first kappa shape index (κ1) is 26.4. The molecule has 10 rings (SSSR count). The van der Waals surface area contributed by atoms with Gasteiger partial charge in [-0.05, 0) is 52.0 Å². The molecule has 1 aliphatic rings. The minimum Gasteiger partial charge on any atom is -0.423 e. The van der Waals surface area contributed by atoms with Crippen molar-refractivity contribution in [2.45, 2.75) is 0 Å². The fourth-order valence-electron chi connectivity index (χ4n) is 7.82. The molecule has 2 N–H and O–H groups in total. The van der Waals surface area contributed by atoms with Crippen molar-refractivity contribution in [3.05, 3.63) is 152 Å².